The third-order valence-electron chi connectivity index (χ3n) is 3.33. The molecule has 1 aliphatic heterocycles. The van der Waals surface area contributed by atoms with E-state index in [9.17, 15) is 18.0 Å². The van der Waals surface area contributed by atoms with Gasteiger partial charge in [0, 0.05) is 38.7 Å². The number of furan rings is 1. The molecule has 0 N–H and O–H groups in total. The fraction of sp³-hybridized carbons (Fsp3) is 0.500. The van der Waals surface area contributed by atoms with Crippen molar-refractivity contribution in [3.05, 3.63) is 30.3 Å². The number of piperazine rings is 1. The minimum absolute atomic E-state index is 0.0649. The fourth-order valence-electron chi connectivity index (χ4n) is 2.15. The summed E-state index contributed by atoms with van der Waals surface area (Å²) < 4.78 is 46.2. The average Bonchev–Trinajstić information content (AvgIpc) is 3.02. The van der Waals surface area contributed by atoms with E-state index >= 15 is 0 Å². The molecular formula is C14H17F3N2O3. The SMILES string of the molecule is O=C(CN1CCN(c2ccco2)CC1)OCCC(F)=C(F)F. The molecule has 0 bridgehead atoms. The number of esters is 1. The zero-order chi connectivity index (χ0) is 15.9. The van der Waals surface area contributed by atoms with Crippen LogP contribution in [0.15, 0.2) is 34.7 Å². The molecular weight excluding hydrogens is 301 g/mol. The van der Waals surface area contributed by atoms with Crippen LogP contribution in [0.3, 0.4) is 0 Å². The zero-order valence-corrected chi connectivity index (χ0v) is 11.9. The van der Waals surface area contributed by atoms with Crippen LogP contribution in [0.5, 0.6) is 0 Å². The van der Waals surface area contributed by atoms with Crippen molar-refractivity contribution in [3.8, 4) is 0 Å². The molecule has 122 valence electrons. The Morgan fingerprint density at radius 2 is 1.95 bits per heavy atom. The highest BCUT2D eigenvalue weighted by Gasteiger charge is 2.21. The van der Waals surface area contributed by atoms with Crippen molar-refractivity contribution in [2.45, 2.75) is 6.42 Å². The monoisotopic (exact) mass is 318 g/mol. The fourth-order valence-corrected chi connectivity index (χ4v) is 2.15. The third kappa shape index (κ3) is 4.80. The number of hydrogen-bond acceptors (Lipinski definition) is 5. The third-order valence-corrected chi connectivity index (χ3v) is 3.33. The summed E-state index contributed by atoms with van der Waals surface area (Å²) in [7, 11) is 0. The molecule has 1 fully saturated rings. The first-order chi connectivity index (χ1) is 10.6. The van der Waals surface area contributed by atoms with Crippen molar-refractivity contribution in [2.24, 2.45) is 0 Å². The Morgan fingerprint density at radius 1 is 1.23 bits per heavy atom. The number of anilines is 1. The first-order valence-electron chi connectivity index (χ1n) is 6.92. The number of rotatable bonds is 6. The van der Waals surface area contributed by atoms with Crippen molar-refractivity contribution in [3.63, 3.8) is 0 Å². The van der Waals surface area contributed by atoms with E-state index in [0.717, 1.165) is 5.88 Å². The number of carbonyl (C=O) groups is 1. The quantitative estimate of drug-likeness (QED) is 0.754. The summed E-state index contributed by atoms with van der Waals surface area (Å²) in [6, 6.07) is 3.68. The van der Waals surface area contributed by atoms with Gasteiger partial charge in [-0.2, -0.15) is 8.78 Å². The van der Waals surface area contributed by atoms with Crippen LogP contribution in [0, 0.1) is 0 Å². The summed E-state index contributed by atoms with van der Waals surface area (Å²) in [6.07, 6.45) is -1.36. The Balaban J connectivity index is 1.65. The van der Waals surface area contributed by atoms with Gasteiger partial charge >= 0.3 is 12.0 Å². The summed E-state index contributed by atoms with van der Waals surface area (Å²) >= 11 is 0. The van der Waals surface area contributed by atoms with Gasteiger partial charge in [0.05, 0.1) is 19.4 Å². The molecule has 8 heteroatoms. The minimum atomic E-state index is -2.37. The lowest BCUT2D eigenvalue weighted by atomic mass is 10.3. The molecule has 1 aromatic heterocycles. The summed E-state index contributed by atoms with van der Waals surface area (Å²) in [6.45, 7) is 2.42. The predicted molar refractivity (Wildman–Crippen MR) is 73.3 cm³/mol. The van der Waals surface area contributed by atoms with Crippen molar-refractivity contribution in [1.29, 1.82) is 0 Å². The second-order valence-electron chi connectivity index (χ2n) is 4.85. The van der Waals surface area contributed by atoms with Crippen molar-refractivity contribution in [2.75, 3.05) is 44.2 Å². The normalized spacial score (nSPS) is 15.7. The van der Waals surface area contributed by atoms with E-state index in [1.807, 2.05) is 17.0 Å². The summed E-state index contributed by atoms with van der Waals surface area (Å²) in [5, 5.41) is 0. The minimum Gasteiger partial charge on any atom is -0.464 e. The molecule has 2 heterocycles. The second kappa shape index (κ2) is 7.88. The molecule has 1 aliphatic rings. The summed E-state index contributed by atoms with van der Waals surface area (Å²) in [5.74, 6) is -1.30. The highest BCUT2D eigenvalue weighted by atomic mass is 19.3. The maximum atomic E-state index is 12.5. The van der Waals surface area contributed by atoms with E-state index in [-0.39, 0.29) is 13.2 Å². The highest BCUT2D eigenvalue weighted by Crippen LogP contribution is 2.16. The van der Waals surface area contributed by atoms with E-state index in [0.29, 0.717) is 26.2 Å². The Morgan fingerprint density at radius 3 is 2.55 bits per heavy atom. The Kier molecular flexibility index (Phi) is 5.88. The number of halogens is 3. The lowest BCUT2D eigenvalue weighted by Crippen LogP contribution is -2.48. The largest absolute Gasteiger partial charge is 0.464 e. The van der Waals surface area contributed by atoms with Gasteiger partial charge in [0.15, 0.2) is 11.7 Å². The number of ether oxygens (including phenoxy) is 1. The smallest absolute Gasteiger partial charge is 0.320 e. The standard InChI is InChI=1S/C14H17F3N2O3/c15-11(14(16)17)3-9-22-13(20)10-18-4-6-19(7-5-18)12-2-1-8-21-12/h1-2,8H,3-7,9-10H2. The van der Waals surface area contributed by atoms with Gasteiger partial charge in [-0.25, -0.2) is 4.39 Å². The van der Waals surface area contributed by atoms with Gasteiger partial charge in [-0.15, -0.1) is 0 Å². The topological polar surface area (TPSA) is 45.9 Å². The van der Waals surface area contributed by atoms with Crippen LogP contribution in [-0.2, 0) is 9.53 Å². The molecule has 0 saturated carbocycles. The highest BCUT2D eigenvalue weighted by molar-refractivity contribution is 5.71. The van der Waals surface area contributed by atoms with E-state index in [4.69, 9.17) is 9.15 Å². The van der Waals surface area contributed by atoms with Gasteiger partial charge < -0.3 is 14.1 Å². The lowest BCUT2D eigenvalue weighted by Gasteiger charge is -2.33. The van der Waals surface area contributed by atoms with Crippen molar-refractivity contribution >= 4 is 11.9 Å². The molecule has 2 rings (SSSR count). The van der Waals surface area contributed by atoms with Crippen LogP contribution in [-0.4, -0.2) is 50.2 Å². The molecule has 1 saturated heterocycles. The van der Waals surface area contributed by atoms with Gasteiger partial charge in [0.1, 0.15) is 0 Å². The van der Waals surface area contributed by atoms with E-state index in [1.165, 1.54) is 0 Å². The van der Waals surface area contributed by atoms with Gasteiger partial charge in [-0.1, -0.05) is 0 Å². The summed E-state index contributed by atoms with van der Waals surface area (Å²) in [4.78, 5) is 15.5. The van der Waals surface area contributed by atoms with E-state index < -0.39 is 24.3 Å². The summed E-state index contributed by atoms with van der Waals surface area (Å²) in [5.41, 5.74) is 0. The number of carbonyl (C=O) groups excluding carboxylic acids is 1. The predicted octanol–water partition coefficient (Wildman–Crippen LogP) is 2.41. The molecule has 5 nitrogen and oxygen atoms in total. The van der Waals surface area contributed by atoms with Gasteiger partial charge in [0.25, 0.3) is 0 Å². The molecule has 22 heavy (non-hydrogen) atoms. The van der Waals surface area contributed by atoms with Crippen molar-refractivity contribution < 1.29 is 27.1 Å². The molecule has 0 atom stereocenters. The molecule has 0 spiro atoms. The van der Waals surface area contributed by atoms with Gasteiger partial charge in [-0.3, -0.25) is 9.69 Å². The van der Waals surface area contributed by atoms with Crippen LogP contribution in [0.2, 0.25) is 0 Å². The first-order valence-corrected chi connectivity index (χ1v) is 6.92. The Labute approximate surface area is 125 Å². The van der Waals surface area contributed by atoms with Crippen LogP contribution < -0.4 is 4.90 Å². The lowest BCUT2D eigenvalue weighted by molar-refractivity contribution is -0.145. The van der Waals surface area contributed by atoms with Crippen LogP contribution >= 0.6 is 0 Å². The molecule has 0 unspecified atom stereocenters. The van der Waals surface area contributed by atoms with Crippen LogP contribution in [0.4, 0.5) is 19.1 Å². The zero-order valence-electron chi connectivity index (χ0n) is 11.9. The van der Waals surface area contributed by atoms with Gasteiger partial charge in [0.2, 0.25) is 0 Å². The maximum Gasteiger partial charge on any atom is 0.320 e. The van der Waals surface area contributed by atoms with Crippen LogP contribution in [0.1, 0.15) is 6.42 Å². The molecule has 0 aromatic carbocycles. The van der Waals surface area contributed by atoms with Gasteiger partial charge in [-0.05, 0) is 6.07 Å². The van der Waals surface area contributed by atoms with Crippen LogP contribution in [0.25, 0.3) is 0 Å². The Bertz CT molecular complexity index is 507. The van der Waals surface area contributed by atoms with E-state index in [2.05, 4.69) is 4.90 Å². The van der Waals surface area contributed by atoms with E-state index in [1.54, 1.807) is 6.26 Å². The Hall–Kier alpha value is -1.96. The molecule has 0 radical (unpaired) electrons. The molecule has 0 aliphatic carbocycles. The first kappa shape index (κ1) is 16.4. The van der Waals surface area contributed by atoms with Crippen molar-refractivity contribution in [1.82, 2.24) is 4.90 Å². The molecule has 0 amide bonds. The second-order valence-corrected chi connectivity index (χ2v) is 4.85. The number of hydrogen-bond donors (Lipinski definition) is 0. The number of nitrogens with zero attached hydrogens (tertiary/aromatic N) is 2. The maximum absolute atomic E-state index is 12.5. The average molecular weight is 318 g/mol. The molecule has 1 aromatic rings.